The molecule has 0 spiro atoms. The number of Topliss-reactive ketones (excluding diaryl/α,β-unsaturated/α-hetero) is 1. The number of anilines is 1. The van der Waals surface area contributed by atoms with Crippen molar-refractivity contribution in [3.05, 3.63) is 64.4 Å². The first kappa shape index (κ1) is 18.6. The molecule has 1 N–H and O–H groups in total. The highest BCUT2D eigenvalue weighted by Crippen LogP contribution is 2.18. The Labute approximate surface area is 148 Å². The van der Waals surface area contributed by atoms with E-state index in [1.807, 2.05) is 0 Å². The lowest BCUT2D eigenvalue weighted by Gasteiger charge is -2.15. The number of nitrogens with one attached hydrogen (secondary N) is 1. The summed E-state index contributed by atoms with van der Waals surface area (Å²) in [5.74, 6) is -2.68. The lowest BCUT2D eigenvalue weighted by Crippen LogP contribution is -2.30. The molecule has 1 amide bonds. The van der Waals surface area contributed by atoms with E-state index in [0.29, 0.717) is 11.3 Å². The van der Waals surface area contributed by atoms with Gasteiger partial charge in [-0.25, -0.2) is 9.18 Å². The molecule has 0 saturated heterocycles. The SMILES string of the molecule is CC(=O)c1ccccc1NC(=O)[C@H](C)OC(=O)c1cc(Cl)ccc1F. The van der Waals surface area contributed by atoms with Crippen LogP contribution in [0.2, 0.25) is 5.02 Å². The zero-order valence-electron chi connectivity index (χ0n) is 13.5. The zero-order valence-corrected chi connectivity index (χ0v) is 14.3. The van der Waals surface area contributed by atoms with E-state index in [2.05, 4.69) is 5.32 Å². The first-order chi connectivity index (χ1) is 11.8. The molecule has 7 heteroatoms. The van der Waals surface area contributed by atoms with Crippen molar-refractivity contribution >= 4 is 34.9 Å². The van der Waals surface area contributed by atoms with Crippen molar-refractivity contribution in [1.82, 2.24) is 0 Å². The Morgan fingerprint density at radius 3 is 2.48 bits per heavy atom. The summed E-state index contributed by atoms with van der Waals surface area (Å²) in [7, 11) is 0. The van der Waals surface area contributed by atoms with Crippen molar-refractivity contribution in [2.75, 3.05) is 5.32 Å². The molecule has 5 nitrogen and oxygen atoms in total. The Balaban J connectivity index is 2.09. The fourth-order valence-corrected chi connectivity index (χ4v) is 2.24. The van der Waals surface area contributed by atoms with E-state index in [0.717, 1.165) is 12.1 Å². The average Bonchev–Trinajstić information content (AvgIpc) is 2.57. The number of halogens is 2. The van der Waals surface area contributed by atoms with Gasteiger partial charge in [-0.05, 0) is 44.2 Å². The number of rotatable bonds is 5. The number of ether oxygens (including phenoxy) is 1. The molecule has 0 aromatic heterocycles. The molecule has 2 aromatic rings. The monoisotopic (exact) mass is 363 g/mol. The largest absolute Gasteiger partial charge is 0.449 e. The van der Waals surface area contributed by atoms with Crippen molar-refractivity contribution in [3.8, 4) is 0 Å². The molecule has 0 unspecified atom stereocenters. The minimum absolute atomic E-state index is 0.167. The summed E-state index contributed by atoms with van der Waals surface area (Å²) >= 11 is 5.73. The molecule has 0 radical (unpaired) electrons. The first-order valence-corrected chi connectivity index (χ1v) is 7.74. The average molecular weight is 364 g/mol. The van der Waals surface area contributed by atoms with Crippen LogP contribution in [0.15, 0.2) is 42.5 Å². The summed E-state index contributed by atoms with van der Waals surface area (Å²) in [6.45, 7) is 2.71. The molecule has 0 fully saturated rings. The number of hydrogen-bond acceptors (Lipinski definition) is 4. The highest BCUT2D eigenvalue weighted by atomic mass is 35.5. The van der Waals surface area contributed by atoms with Gasteiger partial charge in [0.1, 0.15) is 5.82 Å². The number of benzene rings is 2. The lowest BCUT2D eigenvalue weighted by atomic mass is 10.1. The third kappa shape index (κ3) is 4.64. The fraction of sp³-hybridized carbons (Fsp3) is 0.167. The van der Waals surface area contributed by atoms with Gasteiger partial charge in [0.25, 0.3) is 5.91 Å². The van der Waals surface area contributed by atoms with Gasteiger partial charge in [0.2, 0.25) is 0 Å². The van der Waals surface area contributed by atoms with Crippen LogP contribution < -0.4 is 5.32 Å². The molecule has 0 aliphatic carbocycles. The normalized spacial score (nSPS) is 11.5. The summed E-state index contributed by atoms with van der Waals surface area (Å²) in [6, 6.07) is 9.89. The smallest absolute Gasteiger partial charge is 0.341 e. The number of amides is 1. The molecule has 0 aliphatic rings. The number of ketones is 1. The van der Waals surface area contributed by atoms with Gasteiger partial charge < -0.3 is 10.1 Å². The van der Waals surface area contributed by atoms with Crippen LogP contribution in [0.25, 0.3) is 0 Å². The standard InChI is InChI=1S/C18H15ClFNO4/c1-10(22)13-5-3-4-6-16(13)21-17(23)11(2)25-18(24)14-9-12(19)7-8-15(14)20/h3-9,11H,1-2H3,(H,21,23)/t11-/m0/s1. The molecule has 0 bridgehead atoms. The van der Waals surface area contributed by atoms with E-state index in [1.165, 1.54) is 19.9 Å². The van der Waals surface area contributed by atoms with Crippen LogP contribution in [0.3, 0.4) is 0 Å². The molecule has 2 aromatic carbocycles. The van der Waals surface area contributed by atoms with Crippen molar-refractivity contribution in [2.24, 2.45) is 0 Å². The third-order valence-electron chi connectivity index (χ3n) is 3.37. The van der Waals surface area contributed by atoms with Gasteiger partial charge in [-0.2, -0.15) is 0 Å². The van der Waals surface area contributed by atoms with E-state index in [4.69, 9.17) is 16.3 Å². The molecule has 0 saturated carbocycles. The van der Waals surface area contributed by atoms with E-state index < -0.39 is 23.8 Å². The second kappa shape index (κ2) is 7.90. The van der Waals surface area contributed by atoms with Crippen LogP contribution in [0.1, 0.15) is 34.6 Å². The van der Waals surface area contributed by atoms with Crippen LogP contribution in [-0.2, 0) is 9.53 Å². The highest BCUT2D eigenvalue weighted by Gasteiger charge is 2.22. The van der Waals surface area contributed by atoms with E-state index in [9.17, 15) is 18.8 Å². The molecule has 2 rings (SSSR count). The second-order valence-corrected chi connectivity index (χ2v) is 5.70. The predicted octanol–water partition coefficient (Wildman–Crippen LogP) is 3.87. The summed E-state index contributed by atoms with van der Waals surface area (Å²) in [5, 5.41) is 2.69. The number of carbonyl (C=O) groups excluding carboxylic acids is 3. The van der Waals surface area contributed by atoms with Gasteiger partial charge in [0, 0.05) is 10.6 Å². The van der Waals surface area contributed by atoms with E-state index in [-0.39, 0.29) is 16.4 Å². The second-order valence-electron chi connectivity index (χ2n) is 5.26. The van der Waals surface area contributed by atoms with E-state index >= 15 is 0 Å². The summed E-state index contributed by atoms with van der Waals surface area (Å²) < 4.78 is 18.6. The number of para-hydroxylation sites is 1. The number of esters is 1. The van der Waals surface area contributed by atoms with Gasteiger partial charge in [0.05, 0.1) is 11.3 Å². The summed E-state index contributed by atoms with van der Waals surface area (Å²) in [4.78, 5) is 35.8. The Bertz CT molecular complexity index is 838. The lowest BCUT2D eigenvalue weighted by molar-refractivity contribution is -0.123. The Hall–Kier alpha value is -2.73. The van der Waals surface area contributed by atoms with Gasteiger partial charge >= 0.3 is 5.97 Å². The van der Waals surface area contributed by atoms with Gasteiger partial charge in [-0.1, -0.05) is 23.7 Å². The predicted molar refractivity (Wildman–Crippen MR) is 91.4 cm³/mol. The number of hydrogen-bond donors (Lipinski definition) is 1. The van der Waals surface area contributed by atoms with Crippen LogP contribution in [0.4, 0.5) is 10.1 Å². The number of carbonyl (C=O) groups is 3. The van der Waals surface area contributed by atoms with Crippen molar-refractivity contribution in [2.45, 2.75) is 20.0 Å². The summed E-state index contributed by atoms with van der Waals surface area (Å²) in [5.41, 5.74) is 0.267. The summed E-state index contributed by atoms with van der Waals surface area (Å²) in [6.07, 6.45) is -1.20. The quantitative estimate of drug-likeness (QED) is 0.646. The molecular weight excluding hydrogens is 349 g/mol. The molecule has 130 valence electrons. The van der Waals surface area contributed by atoms with E-state index in [1.54, 1.807) is 24.3 Å². The topological polar surface area (TPSA) is 72.5 Å². The zero-order chi connectivity index (χ0) is 18.6. The van der Waals surface area contributed by atoms with Gasteiger partial charge in [-0.3, -0.25) is 9.59 Å². The van der Waals surface area contributed by atoms with Crippen LogP contribution >= 0.6 is 11.6 Å². The first-order valence-electron chi connectivity index (χ1n) is 7.36. The van der Waals surface area contributed by atoms with Crippen LogP contribution in [-0.4, -0.2) is 23.8 Å². The Kier molecular flexibility index (Phi) is 5.88. The maximum atomic E-state index is 13.7. The minimum Gasteiger partial charge on any atom is -0.449 e. The van der Waals surface area contributed by atoms with Crippen molar-refractivity contribution in [1.29, 1.82) is 0 Å². The maximum absolute atomic E-state index is 13.7. The third-order valence-corrected chi connectivity index (χ3v) is 3.60. The Morgan fingerprint density at radius 1 is 1.12 bits per heavy atom. The van der Waals surface area contributed by atoms with Crippen LogP contribution in [0.5, 0.6) is 0 Å². The molecule has 0 heterocycles. The Morgan fingerprint density at radius 2 is 1.80 bits per heavy atom. The highest BCUT2D eigenvalue weighted by molar-refractivity contribution is 6.30. The van der Waals surface area contributed by atoms with Gasteiger partial charge in [0.15, 0.2) is 11.9 Å². The minimum atomic E-state index is -1.20. The fourth-order valence-electron chi connectivity index (χ4n) is 2.06. The molecular formula is C18H15ClFNO4. The molecule has 1 atom stereocenters. The van der Waals surface area contributed by atoms with Crippen LogP contribution in [0, 0.1) is 5.82 Å². The van der Waals surface area contributed by atoms with Gasteiger partial charge in [-0.15, -0.1) is 0 Å². The van der Waals surface area contributed by atoms with Crippen molar-refractivity contribution < 1.29 is 23.5 Å². The maximum Gasteiger partial charge on any atom is 0.341 e. The van der Waals surface area contributed by atoms with Crippen molar-refractivity contribution in [3.63, 3.8) is 0 Å². The molecule has 0 aliphatic heterocycles. The molecule has 25 heavy (non-hydrogen) atoms.